The van der Waals surface area contributed by atoms with E-state index < -0.39 is 12.3 Å². The predicted molar refractivity (Wildman–Crippen MR) is 123 cm³/mol. The highest BCUT2D eigenvalue weighted by molar-refractivity contribution is 5.82. The first-order chi connectivity index (χ1) is 15.9. The first-order valence-corrected chi connectivity index (χ1v) is 11.2. The summed E-state index contributed by atoms with van der Waals surface area (Å²) in [4.78, 5) is 15.9. The summed E-state index contributed by atoms with van der Waals surface area (Å²) in [6.07, 6.45) is -1.80. The number of ether oxygens (including phenoxy) is 1. The number of hydrogen-bond donors (Lipinski definition) is 2. The van der Waals surface area contributed by atoms with E-state index in [9.17, 15) is 18.0 Å². The topological polar surface area (TPSA) is 76.4 Å². The van der Waals surface area contributed by atoms with E-state index in [2.05, 4.69) is 35.4 Å². The lowest BCUT2D eigenvalue weighted by atomic mass is 9.70. The van der Waals surface area contributed by atoms with Crippen LogP contribution in [0.15, 0.2) is 42.5 Å². The smallest absolute Gasteiger partial charge is 0.481 e. The number of alkyl halides is 3. The molecule has 34 heavy (non-hydrogen) atoms. The largest absolute Gasteiger partial charge is 0.573 e. The van der Waals surface area contributed by atoms with Crippen molar-refractivity contribution in [3.8, 4) is 5.75 Å². The van der Waals surface area contributed by atoms with Gasteiger partial charge in [-0.25, -0.2) is 4.98 Å². The number of rotatable bonds is 6. The molecule has 1 fully saturated rings. The zero-order valence-corrected chi connectivity index (χ0v) is 19.3. The van der Waals surface area contributed by atoms with Gasteiger partial charge < -0.3 is 19.7 Å². The molecule has 0 bridgehead atoms. The molecule has 1 aliphatic carbocycles. The molecule has 0 saturated heterocycles. The maximum Gasteiger partial charge on any atom is 0.573 e. The van der Waals surface area contributed by atoms with Gasteiger partial charge in [0.1, 0.15) is 5.75 Å². The molecule has 0 aliphatic heterocycles. The van der Waals surface area contributed by atoms with Crippen molar-refractivity contribution < 1.29 is 27.8 Å². The summed E-state index contributed by atoms with van der Waals surface area (Å²) in [6, 6.07) is 11.2. The lowest BCUT2D eigenvalue weighted by molar-refractivity contribution is -0.274. The van der Waals surface area contributed by atoms with Crippen LogP contribution in [0.2, 0.25) is 0 Å². The second-order valence-corrected chi connectivity index (χ2v) is 9.96. The van der Waals surface area contributed by atoms with Crippen molar-refractivity contribution in [1.82, 2.24) is 9.55 Å². The summed E-state index contributed by atoms with van der Waals surface area (Å²) in [5, 5.41) is 12.4. The third-order valence-electron chi connectivity index (χ3n) is 6.18. The summed E-state index contributed by atoms with van der Waals surface area (Å²) < 4.78 is 43.6. The summed E-state index contributed by atoms with van der Waals surface area (Å²) in [5.74, 6) is -0.125. The average Bonchev–Trinajstić information content (AvgIpc) is 3.03. The van der Waals surface area contributed by atoms with E-state index in [4.69, 9.17) is 10.1 Å². The number of nitrogens with zero attached hydrogens (tertiary/aromatic N) is 2. The molecule has 2 aromatic carbocycles. The molecule has 2 N–H and O–H groups in total. The number of imidazole rings is 1. The highest BCUT2D eigenvalue weighted by Crippen LogP contribution is 2.46. The summed E-state index contributed by atoms with van der Waals surface area (Å²) >= 11 is 0. The minimum absolute atomic E-state index is 0.0975. The molecule has 1 aromatic heterocycles. The molecule has 4 rings (SSSR count). The Morgan fingerprint density at radius 3 is 2.53 bits per heavy atom. The lowest BCUT2D eigenvalue weighted by Gasteiger charge is -2.40. The number of benzene rings is 2. The van der Waals surface area contributed by atoms with Crippen LogP contribution >= 0.6 is 0 Å². The van der Waals surface area contributed by atoms with Gasteiger partial charge in [0.25, 0.3) is 0 Å². The molecular formula is C25H28F3N3O3. The predicted octanol–water partition coefficient (Wildman–Crippen LogP) is 6.69. The van der Waals surface area contributed by atoms with Gasteiger partial charge in [-0.05, 0) is 72.6 Å². The van der Waals surface area contributed by atoms with E-state index in [0.29, 0.717) is 28.6 Å². The van der Waals surface area contributed by atoms with E-state index in [1.54, 1.807) is 12.1 Å². The molecule has 1 aliphatic rings. The summed E-state index contributed by atoms with van der Waals surface area (Å²) in [7, 11) is 0. The zero-order chi connectivity index (χ0) is 24.7. The van der Waals surface area contributed by atoms with Crippen LogP contribution in [-0.4, -0.2) is 27.0 Å². The van der Waals surface area contributed by atoms with Crippen LogP contribution in [-0.2, 0) is 11.2 Å². The van der Waals surface area contributed by atoms with Gasteiger partial charge >= 0.3 is 12.3 Å². The number of aromatic nitrogens is 2. The first kappa shape index (κ1) is 23.9. The third kappa shape index (κ3) is 5.63. The number of anilines is 2. The number of fused-ring (bicyclic) bond motifs is 1. The van der Waals surface area contributed by atoms with Gasteiger partial charge in [0.15, 0.2) is 0 Å². The van der Waals surface area contributed by atoms with Crippen LogP contribution in [0.1, 0.15) is 51.6 Å². The van der Waals surface area contributed by atoms with Gasteiger partial charge in [0, 0.05) is 11.7 Å². The molecule has 1 heterocycles. The van der Waals surface area contributed by atoms with Crippen molar-refractivity contribution in [2.45, 2.75) is 58.9 Å². The van der Waals surface area contributed by atoms with Gasteiger partial charge in [-0.1, -0.05) is 26.8 Å². The Hall–Kier alpha value is -3.23. The minimum atomic E-state index is -4.75. The minimum Gasteiger partial charge on any atom is -0.481 e. The van der Waals surface area contributed by atoms with Crippen LogP contribution in [0.25, 0.3) is 11.0 Å². The van der Waals surface area contributed by atoms with Crippen LogP contribution < -0.4 is 10.1 Å². The molecular weight excluding hydrogens is 447 g/mol. The first-order valence-electron chi connectivity index (χ1n) is 11.2. The van der Waals surface area contributed by atoms with Gasteiger partial charge in [-0.3, -0.25) is 4.79 Å². The van der Waals surface area contributed by atoms with Crippen molar-refractivity contribution in [2.75, 3.05) is 5.32 Å². The number of nitrogens with one attached hydrogen (secondary N) is 1. The van der Waals surface area contributed by atoms with Crippen molar-refractivity contribution >= 4 is 28.6 Å². The van der Waals surface area contributed by atoms with E-state index >= 15 is 0 Å². The number of hydrogen-bond acceptors (Lipinski definition) is 4. The van der Waals surface area contributed by atoms with Crippen LogP contribution in [0.5, 0.6) is 5.75 Å². The fourth-order valence-electron chi connectivity index (χ4n) is 5.25. The highest BCUT2D eigenvalue weighted by atomic mass is 19.4. The maximum atomic E-state index is 12.5. The number of carbonyl (C=O) groups is 1. The molecule has 9 heteroatoms. The molecule has 0 radical (unpaired) electrons. The monoisotopic (exact) mass is 475 g/mol. The SMILES string of the molecule is C[C@@H]1C[C@@H](n2c(Nc3ccc(OC(F)(F)F)cc3)nc3cc(CC(=O)O)ccc32)CC(C)(C)C1. The zero-order valence-electron chi connectivity index (χ0n) is 19.3. The Morgan fingerprint density at radius 2 is 1.91 bits per heavy atom. The molecule has 3 aromatic rings. The van der Waals surface area contributed by atoms with E-state index in [0.717, 1.165) is 24.8 Å². The Bertz CT molecular complexity index is 1190. The summed E-state index contributed by atoms with van der Waals surface area (Å²) in [5.41, 5.74) is 2.94. The third-order valence-corrected chi connectivity index (χ3v) is 6.18. The van der Waals surface area contributed by atoms with Crippen molar-refractivity contribution in [3.05, 3.63) is 48.0 Å². The van der Waals surface area contributed by atoms with Crippen molar-refractivity contribution in [3.63, 3.8) is 0 Å². The van der Waals surface area contributed by atoms with E-state index in [1.807, 2.05) is 6.07 Å². The van der Waals surface area contributed by atoms with Crippen molar-refractivity contribution in [1.29, 1.82) is 0 Å². The molecule has 1 saturated carbocycles. The number of carboxylic acids is 1. The second kappa shape index (κ2) is 8.85. The normalized spacial score (nSPS) is 20.3. The van der Waals surface area contributed by atoms with Crippen LogP contribution in [0.4, 0.5) is 24.8 Å². The molecule has 182 valence electrons. The Balaban J connectivity index is 1.72. The fraction of sp³-hybridized carbons (Fsp3) is 0.440. The Kier molecular flexibility index (Phi) is 6.22. The molecule has 0 amide bonds. The molecule has 6 nitrogen and oxygen atoms in total. The maximum absolute atomic E-state index is 12.5. The van der Waals surface area contributed by atoms with E-state index in [1.165, 1.54) is 24.3 Å². The number of carboxylic acid groups (broad SMARTS) is 1. The van der Waals surface area contributed by atoms with Gasteiger partial charge in [0.05, 0.1) is 17.5 Å². The molecule has 2 atom stereocenters. The van der Waals surface area contributed by atoms with Crippen LogP contribution in [0.3, 0.4) is 0 Å². The number of halogens is 3. The van der Waals surface area contributed by atoms with Gasteiger partial charge in [-0.15, -0.1) is 13.2 Å². The molecule has 0 spiro atoms. The quantitative estimate of drug-likeness (QED) is 0.415. The second-order valence-electron chi connectivity index (χ2n) is 9.96. The van der Waals surface area contributed by atoms with Gasteiger partial charge in [0.2, 0.25) is 5.95 Å². The fourth-order valence-corrected chi connectivity index (χ4v) is 5.25. The Labute approximate surface area is 195 Å². The van der Waals surface area contributed by atoms with Crippen molar-refractivity contribution in [2.24, 2.45) is 11.3 Å². The lowest BCUT2D eigenvalue weighted by Crippen LogP contribution is -2.29. The van der Waals surface area contributed by atoms with E-state index in [-0.39, 0.29) is 23.6 Å². The Morgan fingerprint density at radius 1 is 1.21 bits per heavy atom. The average molecular weight is 476 g/mol. The standard InChI is InChI=1S/C25H28F3N3O3/c1-15-10-18(14-24(2,3)13-15)31-21-9-4-16(12-22(32)33)11-20(21)30-23(31)29-17-5-7-19(8-6-17)34-25(26,27)28/h4-9,11,15,18H,10,12-14H2,1-3H3,(H,29,30)(H,32,33)/t15-,18-/m1/s1. The highest BCUT2D eigenvalue weighted by Gasteiger charge is 2.35. The summed E-state index contributed by atoms with van der Waals surface area (Å²) in [6.45, 7) is 6.75. The molecule has 0 unspecified atom stereocenters. The number of aliphatic carboxylic acids is 1. The van der Waals surface area contributed by atoms with Gasteiger partial charge in [-0.2, -0.15) is 0 Å². The van der Waals surface area contributed by atoms with Crippen LogP contribution in [0, 0.1) is 11.3 Å².